The molecule has 0 amide bonds. The molecule has 0 aliphatic rings. The van der Waals surface area contributed by atoms with Gasteiger partial charge in [-0.2, -0.15) is 0 Å². The first kappa shape index (κ1) is 23.3. The SMILES string of the molecule is Cc1cc(F)c(C)c(F)c1.Cc1ccc(C)c(F)c1.Cc1cnc(C)c(F)c1. The van der Waals surface area contributed by atoms with Gasteiger partial charge in [0.25, 0.3) is 0 Å². The van der Waals surface area contributed by atoms with Crippen molar-refractivity contribution in [3.8, 4) is 0 Å². The first-order valence-corrected chi connectivity index (χ1v) is 8.75. The van der Waals surface area contributed by atoms with Gasteiger partial charge in [0.05, 0.1) is 5.69 Å². The summed E-state index contributed by atoms with van der Waals surface area (Å²) in [6.45, 7) is 10.2. The first-order valence-electron chi connectivity index (χ1n) is 8.75. The molecule has 0 aliphatic carbocycles. The van der Waals surface area contributed by atoms with E-state index in [0.717, 1.165) is 11.1 Å². The predicted molar refractivity (Wildman–Crippen MR) is 105 cm³/mol. The fraction of sp³-hybridized carbons (Fsp3) is 0.261. The summed E-state index contributed by atoms with van der Waals surface area (Å²) in [5, 5.41) is 0. The number of aryl methyl sites for hydroxylation is 5. The largest absolute Gasteiger partial charge is 0.258 e. The number of halogens is 4. The van der Waals surface area contributed by atoms with Crippen LogP contribution in [0, 0.1) is 64.8 Å². The molecule has 0 radical (unpaired) electrons. The fourth-order valence-corrected chi connectivity index (χ4v) is 2.07. The molecule has 1 heterocycles. The van der Waals surface area contributed by atoms with Crippen molar-refractivity contribution >= 4 is 0 Å². The molecule has 0 saturated heterocycles. The van der Waals surface area contributed by atoms with Crippen molar-refractivity contribution < 1.29 is 17.6 Å². The smallest absolute Gasteiger partial charge is 0.144 e. The molecule has 3 rings (SSSR count). The van der Waals surface area contributed by atoms with Gasteiger partial charge >= 0.3 is 0 Å². The minimum Gasteiger partial charge on any atom is -0.258 e. The third-order valence-corrected chi connectivity index (χ3v) is 3.91. The molecule has 0 fully saturated rings. The van der Waals surface area contributed by atoms with Gasteiger partial charge in [0.2, 0.25) is 0 Å². The van der Waals surface area contributed by atoms with E-state index in [9.17, 15) is 17.6 Å². The molecule has 0 saturated carbocycles. The first-order chi connectivity index (χ1) is 13.0. The van der Waals surface area contributed by atoms with Crippen LogP contribution in [0.2, 0.25) is 0 Å². The Hall–Kier alpha value is -2.69. The zero-order valence-electron chi connectivity index (χ0n) is 17.0. The van der Waals surface area contributed by atoms with Crippen LogP contribution in [0.25, 0.3) is 0 Å². The van der Waals surface area contributed by atoms with E-state index in [1.54, 1.807) is 33.0 Å². The van der Waals surface area contributed by atoms with Crippen LogP contribution in [0.3, 0.4) is 0 Å². The quantitative estimate of drug-likeness (QED) is 0.381. The zero-order chi connectivity index (χ0) is 21.4. The highest BCUT2D eigenvalue weighted by Gasteiger charge is 2.03. The van der Waals surface area contributed by atoms with E-state index >= 15 is 0 Å². The van der Waals surface area contributed by atoms with Crippen LogP contribution in [-0.2, 0) is 0 Å². The summed E-state index contributed by atoms with van der Waals surface area (Å²) in [5.74, 6) is -1.29. The molecule has 0 atom stereocenters. The van der Waals surface area contributed by atoms with Crippen molar-refractivity contribution in [3.63, 3.8) is 0 Å². The van der Waals surface area contributed by atoms with E-state index in [-0.39, 0.29) is 17.2 Å². The van der Waals surface area contributed by atoms with Gasteiger partial charge in [-0.05, 0) is 88.1 Å². The third-order valence-electron chi connectivity index (χ3n) is 3.91. The summed E-state index contributed by atoms with van der Waals surface area (Å²) in [6, 6.07) is 9.33. The molecule has 2 aromatic carbocycles. The summed E-state index contributed by atoms with van der Waals surface area (Å²) >= 11 is 0. The van der Waals surface area contributed by atoms with Gasteiger partial charge in [0, 0.05) is 11.8 Å². The average Bonchev–Trinajstić information content (AvgIpc) is 2.61. The van der Waals surface area contributed by atoms with Crippen molar-refractivity contribution in [1.29, 1.82) is 0 Å². The van der Waals surface area contributed by atoms with Crippen molar-refractivity contribution in [1.82, 2.24) is 4.98 Å². The number of aromatic nitrogens is 1. The van der Waals surface area contributed by atoms with Crippen molar-refractivity contribution in [2.45, 2.75) is 41.5 Å². The van der Waals surface area contributed by atoms with Gasteiger partial charge in [0.1, 0.15) is 23.3 Å². The highest BCUT2D eigenvalue weighted by molar-refractivity contribution is 5.24. The van der Waals surface area contributed by atoms with Crippen LogP contribution in [0.15, 0.2) is 42.6 Å². The molecule has 0 bridgehead atoms. The summed E-state index contributed by atoms with van der Waals surface area (Å²) in [5.41, 5.74) is 3.70. The second kappa shape index (κ2) is 10.6. The van der Waals surface area contributed by atoms with Gasteiger partial charge in [-0.3, -0.25) is 4.98 Å². The average molecular weight is 391 g/mol. The Labute approximate surface area is 164 Å². The number of pyridine rings is 1. The molecule has 5 heteroatoms. The lowest BCUT2D eigenvalue weighted by molar-refractivity contribution is 0.566. The maximum atomic E-state index is 12.6. The lowest BCUT2D eigenvalue weighted by atomic mass is 10.1. The Kier molecular flexibility index (Phi) is 8.83. The lowest BCUT2D eigenvalue weighted by Crippen LogP contribution is -1.88. The normalized spacial score (nSPS) is 9.79. The van der Waals surface area contributed by atoms with Crippen LogP contribution < -0.4 is 0 Å². The summed E-state index contributed by atoms with van der Waals surface area (Å²) in [6.07, 6.45) is 1.65. The van der Waals surface area contributed by atoms with Gasteiger partial charge < -0.3 is 0 Å². The lowest BCUT2D eigenvalue weighted by Gasteiger charge is -1.98. The second-order valence-corrected chi connectivity index (χ2v) is 6.69. The minimum absolute atomic E-state index is 0.0885. The molecule has 0 aliphatic heterocycles. The molecule has 28 heavy (non-hydrogen) atoms. The second-order valence-electron chi connectivity index (χ2n) is 6.69. The maximum Gasteiger partial charge on any atom is 0.144 e. The van der Waals surface area contributed by atoms with Crippen molar-refractivity contribution in [2.24, 2.45) is 0 Å². The maximum absolute atomic E-state index is 12.6. The summed E-state index contributed by atoms with van der Waals surface area (Å²) < 4.78 is 50.3. The van der Waals surface area contributed by atoms with Gasteiger partial charge in [-0.1, -0.05) is 12.1 Å². The number of rotatable bonds is 0. The molecule has 0 unspecified atom stereocenters. The molecular formula is C23H25F4N. The van der Waals surface area contributed by atoms with E-state index in [2.05, 4.69) is 4.98 Å². The van der Waals surface area contributed by atoms with Crippen LogP contribution in [0.5, 0.6) is 0 Å². The molecule has 3 aromatic rings. The Morgan fingerprint density at radius 1 is 0.571 bits per heavy atom. The van der Waals surface area contributed by atoms with E-state index < -0.39 is 11.6 Å². The molecule has 1 aromatic heterocycles. The monoisotopic (exact) mass is 391 g/mol. The van der Waals surface area contributed by atoms with Crippen LogP contribution in [0.1, 0.15) is 33.5 Å². The summed E-state index contributed by atoms with van der Waals surface area (Å²) in [4.78, 5) is 3.80. The molecule has 1 nitrogen and oxygen atoms in total. The van der Waals surface area contributed by atoms with Gasteiger partial charge in [-0.25, -0.2) is 17.6 Å². The highest BCUT2D eigenvalue weighted by Crippen LogP contribution is 2.12. The van der Waals surface area contributed by atoms with Crippen LogP contribution in [0.4, 0.5) is 17.6 Å². The standard InChI is InChI=1S/C8H8F2.C8H9F.C7H8FN/c1-5-3-7(9)6(2)8(10)4-5;1-6-3-4-7(2)8(9)5-6;1-5-3-7(8)6(2)9-4-5/h3-4H,1-2H3;3-5H,1-2H3;3-4H,1-2H3. The number of benzene rings is 2. The minimum atomic E-state index is -0.475. The fourth-order valence-electron chi connectivity index (χ4n) is 2.07. The Balaban J connectivity index is 0.000000210. The van der Waals surface area contributed by atoms with Gasteiger partial charge in [0.15, 0.2) is 0 Å². The number of hydrogen-bond acceptors (Lipinski definition) is 1. The Morgan fingerprint density at radius 3 is 1.50 bits per heavy atom. The Bertz CT molecular complexity index is 863. The molecule has 150 valence electrons. The highest BCUT2D eigenvalue weighted by atomic mass is 19.1. The van der Waals surface area contributed by atoms with E-state index in [1.807, 2.05) is 19.9 Å². The molecule has 0 N–H and O–H groups in total. The topological polar surface area (TPSA) is 12.9 Å². The Morgan fingerprint density at radius 2 is 1.07 bits per heavy atom. The van der Waals surface area contributed by atoms with Crippen molar-refractivity contribution in [2.75, 3.05) is 0 Å². The van der Waals surface area contributed by atoms with E-state index in [0.29, 0.717) is 16.8 Å². The van der Waals surface area contributed by atoms with E-state index in [4.69, 9.17) is 0 Å². The van der Waals surface area contributed by atoms with Gasteiger partial charge in [-0.15, -0.1) is 0 Å². The predicted octanol–water partition coefficient (Wildman–Crippen LogP) is 6.86. The third kappa shape index (κ3) is 7.51. The zero-order valence-corrected chi connectivity index (χ0v) is 17.0. The van der Waals surface area contributed by atoms with Crippen molar-refractivity contribution in [3.05, 3.63) is 99.4 Å². The number of nitrogens with zero attached hydrogens (tertiary/aromatic N) is 1. The number of hydrogen-bond donors (Lipinski definition) is 0. The van der Waals surface area contributed by atoms with Crippen LogP contribution >= 0.6 is 0 Å². The van der Waals surface area contributed by atoms with E-state index in [1.165, 1.54) is 31.2 Å². The van der Waals surface area contributed by atoms with Crippen LogP contribution in [-0.4, -0.2) is 4.98 Å². The molecular weight excluding hydrogens is 366 g/mol. The summed E-state index contributed by atoms with van der Waals surface area (Å²) in [7, 11) is 0. The molecule has 0 spiro atoms.